The molecule has 4 nitrogen and oxygen atoms in total. The van der Waals surface area contributed by atoms with Crippen molar-refractivity contribution in [1.82, 2.24) is 0 Å². The largest absolute Gasteiger partial charge is 0.436 e. The molecular formula is C6H14O4. The monoisotopic (exact) mass is 150 g/mol. The fourth-order valence-corrected chi connectivity index (χ4v) is 0.483. The summed E-state index contributed by atoms with van der Waals surface area (Å²) in [6.45, 7) is 3.25. The van der Waals surface area contributed by atoms with Gasteiger partial charge in [-0.15, -0.1) is 0 Å². The molecule has 1 unspecified atom stereocenters. The molecule has 0 aromatic rings. The van der Waals surface area contributed by atoms with Gasteiger partial charge in [0.15, 0.2) is 0 Å². The van der Waals surface area contributed by atoms with Crippen LogP contribution in [0.4, 0.5) is 0 Å². The first-order valence-electron chi connectivity index (χ1n) is 2.90. The molecule has 0 aliphatic heterocycles. The van der Waals surface area contributed by atoms with Gasteiger partial charge in [0.1, 0.15) is 0 Å². The van der Waals surface area contributed by atoms with Crippen LogP contribution >= 0.6 is 0 Å². The smallest absolute Gasteiger partial charge is 0.304 e. The van der Waals surface area contributed by atoms with E-state index in [4.69, 9.17) is 4.74 Å². The van der Waals surface area contributed by atoms with Gasteiger partial charge in [0.25, 0.3) is 0 Å². The maximum atomic E-state index is 10.3. The summed E-state index contributed by atoms with van der Waals surface area (Å²) < 4.78 is 9.45. The van der Waals surface area contributed by atoms with E-state index in [2.05, 4.69) is 4.74 Å². The van der Waals surface area contributed by atoms with Crippen LogP contribution in [0, 0.1) is 0 Å². The third-order valence-electron chi connectivity index (χ3n) is 0.894. The van der Waals surface area contributed by atoms with Gasteiger partial charge in [-0.2, -0.15) is 0 Å². The molecule has 0 amide bonds. The lowest BCUT2D eigenvalue weighted by Crippen LogP contribution is -2.16. The van der Waals surface area contributed by atoms with Crippen LogP contribution in [0.3, 0.4) is 0 Å². The van der Waals surface area contributed by atoms with E-state index in [9.17, 15) is 4.79 Å². The van der Waals surface area contributed by atoms with Crippen molar-refractivity contribution < 1.29 is 19.7 Å². The third kappa shape index (κ3) is 5.53. The first-order valence-corrected chi connectivity index (χ1v) is 2.90. The number of carbonyl (C=O) groups is 1. The van der Waals surface area contributed by atoms with Gasteiger partial charge in [-0.3, -0.25) is 4.79 Å². The van der Waals surface area contributed by atoms with Crippen molar-refractivity contribution in [2.75, 3.05) is 7.11 Å². The molecule has 0 bridgehead atoms. The van der Waals surface area contributed by atoms with Crippen LogP contribution in [-0.2, 0) is 14.3 Å². The van der Waals surface area contributed by atoms with Gasteiger partial charge in [-0.05, 0) is 0 Å². The Balaban J connectivity index is 0. The van der Waals surface area contributed by atoms with Gasteiger partial charge < -0.3 is 14.9 Å². The molecule has 4 heteroatoms. The molecule has 62 valence electrons. The molecule has 2 N–H and O–H groups in total. The molecule has 0 rings (SSSR count). The lowest BCUT2D eigenvalue weighted by atomic mass is 10.5. The number of esters is 1. The predicted octanol–water partition coefficient (Wildman–Crippen LogP) is 0.107. The summed E-state index contributed by atoms with van der Waals surface area (Å²) in [5.41, 5.74) is 0. The number of hydrogen-bond donors (Lipinski definition) is 0. The molecule has 0 fully saturated rings. The number of methoxy groups -OCH3 is 1. The van der Waals surface area contributed by atoms with E-state index in [0.29, 0.717) is 6.42 Å². The second-order valence-corrected chi connectivity index (χ2v) is 1.68. The molecule has 0 spiro atoms. The Morgan fingerprint density at radius 3 is 2.20 bits per heavy atom. The zero-order chi connectivity index (χ0) is 7.28. The van der Waals surface area contributed by atoms with Crippen molar-refractivity contribution in [3.63, 3.8) is 0 Å². The summed E-state index contributed by atoms with van der Waals surface area (Å²) in [6.07, 6.45) is 0.318. The van der Waals surface area contributed by atoms with Crippen LogP contribution < -0.4 is 0 Å². The van der Waals surface area contributed by atoms with E-state index in [-0.39, 0.29) is 17.7 Å². The fourth-order valence-electron chi connectivity index (χ4n) is 0.483. The van der Waals surface area contributed by atoms with E-state index in [1.807, 2.05) is 6.92 Å². The van der Waals surface area contributed by atoms with E-state index in [1.54, 1.807) is 0 Å². The third-order valence-corrected chi connectivity index (χ3v) is 0.894. The Hall–Kier alpha value is -0.610. The average Bonchev–Trinajstić information content (AvgIpc) is 1.82. The molecule has 0 aromatic heterocycles. The van der Waals surface area contributed by atoms with Gasteiger partial charge in [0.05, 0.1) is 0 Å². The molecule has 0 radical (unpaired) electrons. The number of ether oxygens (including phenoxy) is 2. The Kier molecular flexibility index (Phi) is 7.88. The molecule has 1 atom stereocenters. The minimum atomic E-state index is -0.373. The lowest BCUT2D eigenvalue weighted by Gasteiger charge is -2.11. The fraction of sp³-hybridized carbons (Fsp3) is 0.833. The summed E-state index contributed by atoms with van der Waals surface area (Å²) in [7, 11) is 1.51. The van der Waals surface area contributed by atoms with E-state index >= 15 is 0 Å². The second-order valence-electron chi connectivity index (χ2n) is 1.68. The van der Waals surface area contributed by atoms with Crippen molar-refractivity contribution >= 4 is 5.97 Å². The Bertz CT molecular complexity index is 87.7. The Morgan fingerprint density at radius 1 is 1.60 bits per heavy atom. The summed E-state index contributed by atoms with van der Waals surface area (Å²) in [5, 5.41) is 0. The topological polar surface area (TPSA) is 67.0 Å². The van der Waals surface area contributed by atoms with Crippen LogP contribution in [-0.4, -0.2) is 24.8 Å². The van der Waals surface area contributed by atoms with Crippen LogP contribution in [0.1, 0.15) is 20.3 Å². The zero-order valence-electron chi connectivity index (χ0n) is 6.51. The summed E-state index contributed by atoms with van der Waals surface area (Å²) in [6, 6.07) is 0. The zero-order valence-corrected chi connectivity index (χ0v) is 6.51. The molecule has 0 saturated carbocycles. The first-order chi connectivity index (χ1) is 4.20. The minimum absolute atomic E-state index is 0. The van der Waals surface area contributed by atoms with E-state index < -0.39 is 0 Å². The number of rotatable bonds is 3. The van der Waals surface area contributed by atoms with Gasteiger partial charge in [0.2, 0.25) is 6.29 Å². The number of hydrogen-bond acceptors (Lipinski definition) is 3. The van der Waals surface area contributed by atoms with Crippen LogP contribution in [0.5, 0.6) is 0 Å². The highest BCUT2D eigenvalue weighted by molar-refractivity contribution is 5.66. The normalized spacial score (nSPS) is 11.5. The summed E-state index contributed by atoms with van der Waals surface area (Å²) >= 11 is 0. The van der Waals surface area contributed by atoms with Crippen LogP contribution in [0.25, 0.3) is 0 Å². The first kappa shape index (κ1) is 12.1. The average molecular weight is 150 g/mol. The van der Waals surface area contributed by atoms with Gasteiger partial charge in [-0.25, -0.2) is 0 Å². The van der Waals surface area contributed by atoms with Crippen molar-refractivity contribution in [1.29, 1.82) is 0 Å². The van der Waals surface area contributed by atoms with Crippen molar-refractivity contribution in [2.45, 2.75) is 26.6 Å². The van der Waals surface area contributed by atoms with E-state index in [0.717, 1.165) is 0 Å². The second kappa shape index (κ2) is 6.51. The predicted molar refractivity (Wildman–Crippen MR) is 36.5 cm³/mol. The van der Waals surface area contributed by atoms with E-state index in [1.165, 1.54) is 14.0 Å². The van der Waals surface area contributed by atoms with Gasteiger partial charge >= 0.3 is 5.97 Å². The standard InChI is InChI=1S/C6H12O3.H2O/c1-4-6(8-3)9-5(2)7;/h6H,4H2,1-3H3;1H2. The highest BCUT2D eigenvalue weighted by Gasteiger charge is 2.05. The Morgan fingerprint density at radius 2 is 2.10 bits per heavy atom. The van der Waals surface area contributed by atoms with Crippen LogP contribution in [0.2, 0.25) is 0 Å². The van der Waals surface area contributed by atoms with Crippen molar-refractivity contribution in [2.24, 2.45) is 0 Å². The van der Waals surface area contributed by atoms with Gasteiger partial charge in [0, 0.05) is 20.5 Å². The van der Waals surface area contributed by atoms with Crippen molar-refractivity contribution in [3.8, 4) is 0 Å². The Labute approximate surface area is 60.4 Å². The molecule has 0 heterocycles. The summed E-state index contributed by atoms with van der Waals surface area (Å²) in [5.74, 6) is -0.302. The molecule has 0 aromatic carbocycles. The quantitative estimate of drug-likeness (QED) is 0.423. The SMILES string of the molecule is CCC(OC)OC(C)=O.O. The molecule has 0 aliphatic rings. The molecule has 0 saturated heterocycles. The highest BCUT2D eigenvalue weighted by Crippen LogP contribution is 1.97. The molecular weight excluding hydrogens is 136 g/mol. The lowest BCUT2D eigenvalue weighted by molar-refractivity contribution is -0.171. The highest BCUT2D eigenvalue weighted by atomic mass is 16.7. The van der Waals surface area contributed by atoms with Crippen LogP contribution in [0.15, 0.2) is 0 Å². The maximum absolute atomic E-state index is 10.3. The minimum Gasteiger partial charge on any atom is -0.436 e. The van der Waals surface area contributed by atoms with Gasteiger partial charge in [-0.1, -0.05) is 6.92 Å². The number of carbonyl (C=O) groups excluding carboxylic acids is 1. The maximum Gasteiger partial charge on any atom is 0.304 e. The molecule has 10 heavy (non-hydrogen) atoms. The molecule has 0 aliphatic carbocycles. The summed E-state index contributed by atoms with van der Waals surface area (Å²) in [4.78, 5) is 10.3. The van der Waals surface area contributed by atoms with Crippen molar-refractivity contribution in [3.05, 3.63) is 0 Å².